The fourth-order valence-corrected chi connectivity index (χ4v) is 2.88. The Balaban J connectivity index is 2.22. The lowest BCUT2D eigenvalue weighted by Crippen LogP contribution is -2.23. The van der Waals surface area contributed by atoms with E-state index < -0.39 is 0 Å². The fraction of sp³-hybridized carbons (Fsp3) is 0.667. The SMILES string of the molecule is Cc1cc(C(=O)Cn2nnnc2C(C)(C)C)c(C)n1CCC(C)C. The number of Topliss-reactive ketones (excluding diaryl/α,β-unsaturated/α-hetero) is 1. The van der Waals surface area contributed by atoms with Crippen molar-refractivity contribution in [1.82, 2.24) is 24.8 Å². The highest BCUT2D eigenvalue weighted by atomic mass is 16.1. The zero-order chi connectivity index (χ0) is 18.1. The molecule has 2 aromatic rings. The van der Waals surface area contributed by atoms with Gasteiger partial charge in [0.1, 0.15) is 6.54 Å². The quantitative estimate of drug-likeness (QED) is 0.762. The number of hydrogen-bond donors (Lipinski definition) is 0. The molecule has 0 radical (unpaired) electrons. The highest BCUT2D eigenvalue weighted by Gasteiger charge is 2.24. The molecule has 6 heteroatoms. The summed E-state index contributed by atoms with van der Waals surface area (Å²) in [5, 5.41) is 11.8. The first-order valence-corrected chi connectivity index (χ1v) is 8.57. The van der Waals surface area contributed by atoms with Crippen LogP contribution in [0.25, 0.3) is 0 Å². The van der Waals surface area contributed by atoms with E-state index in [-0.39, 0.29) is 17.7 Å². The van der Waals surface area contributed by atoms with Crippen molar-refractivity contribution in [3.8, 4) is 0 Å². The van der Waals surface area contributed by atoms with Gasteiger partial charge < -0.3 is 4.57 Å². The van der Waals surface area contributed by atoms with E-state index in [0.29, 0.717) is 5.92 Å². The molecule has 0 bridgehead atoms. The van der Waals surface area contributed by atoms with E-state index in [1.54, 1.807) is 4.68 Å². The zero-order valence-corrected chi connectivity index (χ0v) is 15.9. The van der Waals surface area contributed by atoms with E-state index in [0.717, 1.165) is 35.7 Å². The Morgan fingerprint density at radius 3 is 2.50 bits per heavy atom. The van der Waals surface area contributed by atoms with Gasteiger partial charge in [-0.05, 0) is 42.7 Å². The Hall–Kier alpha value is -1.98. The molecule has 24 heavy (non-hydrogen) atoms. The lowest BCUT2D eigenvalue weighted by molar-refractivity contribution is 0.0963. The van der Waals surface area contributed by atoms with Crippen molar-refractivity contribution in [2.75, 3.05) is 0 Å². The molecule has 0 unspecified atom stereocenters. The first kappa shape index (κ1) is 18.4. The highest BCUT2D eigenvalue weighted by molar-refractivity contribution is 5.97. The minimum absolute atomic E-state index is 0.0525. The summed E-state index contributed by atoms with van der Waals surface area (Å²) < 4.78 is 3.85. The van der Waals surface area contributed by atoms with Crippen LogP contribution in [0, 0.1) is 19.8 Å². The van der Waals surface area contributed by atoms with Crippen LogP contribution in [0.1, 0.15) is 68.6 Å². The van der Waals surface area contributed by atoms with Crippen LogP contribution >= 0.6 is 0 Å². The molecule has 2 heterocycles. The molecule has 0 aliphatic rings. The van der Waals surface area contributed by atoms with Crippen LogP contribution in [0.15, 0.2) is 6.07 Å². The summed E-state index contributed by atoms with van der Waals surface area (Å²) in [5.74, 6) is 1.42. The Labute approximate surface area is 144 Å². The van der Waals surface area contributed by atoms with Gasteiger partial charge >= 0.3 is 0 Å². The lowest BCUT2D eigenvalue weighted by atomic mass is 9.96. The van der Waals surface area contributed by atoms with Crippen LogP contribution in [-0.2, 0) is 18.5 Å². The van der Waals surface area contributed by atoms with Crippen molar-refractivity contribution in [3.05, 3.63) is 28.8 Å². The third-order valence-corrected chi connectivity index (χ3v) is 4.30. The number of aromatic nitrogens is 5. The van der Waals surface area contributed by atoms with Crippen molar-refractivity contribution in [3.63, 3.8) is 0 Å². The van der Waals surface area contributed by atoms with E-state index in [2.05, 4.69) is 40.9 Å². The molecule has 0 amide bonds. The van der Waals surface area contributed by atoms with Gasteiger partial charge in [0.15, 0.2) is 11.6 Å². The molecule has 0 N–H and O–H groups in total. The maximum Gasteiger partial charge on any atom is 0.186 e. The first-order valence-electron chi connectivity index (χ1n) is 8.57. The Morgan fingerprint density at radius 2 is 1.92 bits per heavy atom. The maximum absolute atomic E-state index is 12.8. The summed E-state index contributed by atoms with van der Waals surface area (Å²) in [6.07, 6.45) is 1.10. The molecule has 0 aromatic carbocycles. The second-order valence-electron chi connectivity index (χ2n) is 7.95. The summed E-state index contributed by atoms with van der Waals surface area (Å²) >= 11 is 0. The summed E-state index contributed by atoms with van der Waals surface area (Å²) in [5.41, 5.74) is 2.73. The number of carbonyl (C=O) groups excluding carboxylic acids is 1. The molecule has 0 fully saturated rings. The van der Waals surface area contributed by atoms with Crippen LogP contribution in [0.4, 0.5) is 0 Å². The minimum atomic E-state index is -0.196. The summed E-state index contributed by atoms with van der Waals surface area (Å²) in [7, 11) is 0. The third-order valence-electron chi connectivity index (χ3n) is 4.30. The largest absolute Gasteiger partial charge is 0.348 e. The van der Waals surface area contributed by atoms with Crippen LogP contribution in [0.3, 0.4) is 0 Å². The van der Waals surface area contributed by atoms with Crippen molar-refractivity contribution < 1.29 is 4.79 Å². The van der Waals surface area contributed by atoms with Crippen LogP contribution in [-0.4, -0.2) is 30.6 Å². The number of ketones is 1. The van der Waals surface area contributed by atoms with Crippen LogP contribution < -0.4 is 0 Å². The normalized spacial score (nSPS) is 12.2. The van der Waals surface area contributed by atoms with Gasteiger partial charge in [0, 0.05) is 28.9 Å². The molecule has 0 aliphatic carbocycles. The average Bonchev–Trinajstić information content (AvgIpc) is 3.02. The summed E-state index contributed by atoms with van der Waals surface area (Å²) in [4.78, 5) is 12.8. The molecule has 132 valence electrons. The van der Waals surface area contributed by atoms with Crippen LogP contribution in [0.2, 0.25) is 0 Å². The van der Waals surface area contributed by atoms with Crippen molar-refractivity contribution in [2.24, 2.45) is 5.92 Å². The Bertz CT molecular complexity index is 718. The Kier molecular flexibility index (Phi) is 5.26. The molecule has 2 aromatic heterocycles. The number of tetrazole rings is 1. The monoisotopic (exact) mass is 331 g/mol. The number of hydrogen-bond acceptors (Lipinski definition) is 4. The zero-order valence-electron chi connectivity index (χ0n) is 15.9. The second-order valence-corrected chi connectivity index (χ2v) is 7.95. The number of nitrogens with zero attached hydrogens (tertiary/aromatic N) is 5. The minimum Gasteiger partial charge on any atom is -0.348 e. The standard InChI is InChI=1S/C18H29N5O/c1-12(2)8-9-22-13(3)10-15(14(22)4)16(24)11-23-17(18(5,6)7)19-20-21-23/h10,12H,8-9,11H2,1-7H3. The second kappa shape index (κ2) is 6.87. The van der Waals surface area contributed by atoms with Crippen molar-refractivity contribution in [2.45, 2.75) is 73.4 Å². The summed E-state index contributed by atoms with van der Waals surface area (Å²) in [6.45, 7) is 15.7. The van der Waals surface area contributed by atoms with Gasteiger partial charge in [-0.2, -0.15) is 0 Å². The molecule has 0 saturated heterocycles. The first-order chi connectivity index (χ1) is 11.1. The highest BCUT2D eigenvalue weighted by Crippen LogP contribution is 2.21. The molecule has 6 nitrogen and oxygen atoms in total. The van der Waals surface area contributed by atoms with E-state index in [4.69, 9.17) is 0 Å². The molecular formula is C18H29N5O. The van der Waals surface area contributed by atoms with Crippen molar-refractivity contribution >= 4 is 5.78 Å². The van der Waals surface area contributed by atoms with Gasteiger partial charge in [0.05, 0.1) is 0 Å². The lowest BCUT2D eigenvalue weighted by Gasteiger charge is -2.16. The molecule has 0 atom stereocenters. The molecule has 2 rings (SSSR count). The van der Waals surface area contributed by atoms with Crippen LogP contribution in [0.5, 0.6) is 0 Å². The summed E-state index contributed by atoms with van der Waals surface area (Å²) in [6, 6.07) is 1.99. The number of carbonyl (C=O) groups is 1. The van der Waals surface area contributed by atoms with E-state index in [1.807, 2.05) is 33.8 Å². The van der Waals surface area contributed by atoms with Gasteiger partial charge in [-0.15, -0.1) is 5.10 Å². The maximum atomic E-state index is 12.8. The van der Waals surface area contributed by atoms with Crippen molar-refractivity contribution in [1.29, 1.82) is 0 Å². The average molecular weight is 331 g/mol. The number of aryl methyl sites for hydroxylation is 1. The van der Waals surface area contributed by atoms with Gasteiger partial charge in [-0.25, -0.2) is 4.68 Å². The smallest absolute Gasteiger partial charge is 0.186 e. The van der Waals surface area contributed by atoms with E-state index in [9.17, 15) is 4.79 Å². The van der Waals surface area contributed by atoms with Gasteiger partial charge in [0.2, 0.25) is 0 Å². The van der Waals surface area contributed by atoms with E-state index in [1.165, 1.54) is 0 Å². The predicted molar refractivity (Wildman–Crippen MR) is 94.2 cm³/mol. The van der Waals surface area contributed by atoms with Gasteiger partial charge in [0.25, 0.3) is 0 Å². The predicted octanol–water partition coefficient (Wildman–Crippen LogP) is 3.32. The Morgan fingerprint density at radius 1 is 1.25 bits per heavy atom. The molecule has 0 saturated carbocycles. The van der Waals surface area contributed by atoms with E-state index >= 15 is 0 Å². The third kappa shape index (κ3) is 3.91. The topological polar surface area (TPSA) is 65.6 Å². The fourth-order valence-electron chi connectivity index (χ4n) is 2.88. The molecule has 0 aliphatic heterocycles. The van der Waals surface area contributed by atoms with Gasteiger partial charge in [-0.3, -0.25) is 4.79 Å². The molecular weight excluding hydrogens is 302 g/mol. The number of rotatable bonds is 6. The van der Waals surface area contributed by atoms with Gasteiger partial charge in [-0.1, -0.05) is 34.6 Å². The molecule has 0 spiro atoms.